The van der Waals surface area contributed by atoms with Crippen LogP contribution in [0.3, 0.4) is 0 Å². The first kappa shape index (κ1) is 33.6. The Bertz CT molecular complexity index is 2970. The molecule has 9 aromatic rings. The first-order valence-electron chi connectivity index (χ1n) is 19.6. The highest BCUT2D eigenvalue weighted by molar-refractivity contribution is 5.93. The van der Waals surface area contributed by atoms with Gasteiger partial charge in [-0.3, -0.25) is 0 Å². The lowest BCUT2D eigenvalue weighted by molar-refractivity contribution is 1.05. The van der Waals surface area contributed by atoms with Gasteiger partial charge in [0, 0.05) is 22.3 Å². The third-order valence-corrected chi connectivity index (χ3v) is 11.5. The Kier molecular flexibility index (Phi) is 8.42. The predicted molar refractivity (Wildman–Crippen MR) is 238 cm³/mol. The molecule has 1 aliphatic rings. The first-order chi connectivity index (χ1) is 27.6. The van der Waals surface area contributed by atoms with Gasteiger partial charge >= 0.3 is 0 Å². The highest BCUT2D eigenvalue weighted by Crippen LogP contribution is 2.42. The zero-order valence-electron chi connectivity index (χ0n) is 31.7. The monoisotopic (exact) mass is 715 g/mol. The number of benzene rings is 8. The fourth-order valence-electron chi connectivity index (χ4n) is 8.82. The molecule has 1 aliphatic carbocycles. The van der Waals surface area contributed by atoms with Gasteiger partial charge in [-0.05, 0) is 141 Å². The summed E-state index contributed by atoms with van der Waals surface area (Å²) in [7, 11) is 0. The van der Waals surface area contributed by atoms with E-state index in [0.717, 1.165) is 6.42 Å². The molecule has 1 heterocycles. The second kappa shape index (κ2) is 14.0. The quantitative estimate of drug-likeness (QED) is 0.162. The van der Waals surface area contributed by atoms with Crippen molar-refractivity contribution >= 4 is 17.0 Å². The third-order valence-electron chi connectivity index (χ3n) is 11.5. The highest BCUT2D eigenvalue weighted by Gasteiger charge is 2.20. The van der Waals surface area contributed by atoms with Crippen LogP contribution in [0.5, 0.6) is 0 Å². The number of fused-ring (bicyclic) bond motifs is 6. The van der Waals surface area contributed by atoms with E-state index >= 15 is 0 Å². The Balaban J connectivity index is 0.975. The molecule has 0 spiro atoms. The molecule has 0 saturated heterocycles. The SMILES string of the molecule is C/C=C\c1c(C)n(-c2cccc(-c3cccc(-c4cccc(-c5cccc(-c6ccc7c(c6)-c6ccccc6-c6ccccc6C7)c5)c4)c3)c2)c2ccccc12. The predicted octanol–water partition coefficient (Wildman–Crippen LogP) is 14.9. The molecule has 0 amide bonds. The van der Waals surface area contributed by atoms with E-state index in [1.807, 2.05) is 0 Å². The molecule has 0 N–H and O–H groups in total. The van der Waals surface area contributed by atoms with Gasteiger partial charge in [-0.1, -0.05) is 158 Å². The van der Waals surface area contributed by atoms with Gasteiger partial charge in [0.25, 0.3) is 0 Å². The van der Waals surface area contributed by atoms with Crippen LogP contribution in [0.4, 0.5) is 0 Å². The molecular formula is C55H41N. The number of para-hydroxylation sites is 1. The van der Waals surface area contributed by atoms with Crippen LogP contribution < -0.4 is 0 Å². The molecule has 0 bridgehead atoms. The van der Waals surface area contributed by atoms with E-state index in [1.165, 1.54) is 106 Å². The summed E-state index contributed by atoms with van der Waals surface area (Å²) in [5, 5.41) is 1.27. The molecule has 10 rings (SSSR count). The number of nitrogens with zero attached hydrogens (tertiary/aromatic N) is 1. The lowest BCUT2D eigenvalue weighted by Gasteiger charge is -2.13. The van der Waals surface area contributed by atoms with Crippen molar-refractivity contribution in [2.45, 2.75) is 20.3 Å². The molecule has 8 aromatic carbocycles. The number of allylic oxidation sites excluding steroid dienone is 1. The second-order valence-electron chi connectivity index (χ2n) is 14.9. The molecule has 1 nitrogen and oxygen atoms in total. The van der Waals surface area contributed by atoms with E-state index in [1.54, 1.807) is 0 Å². The molecule has 1 aromatic heterocycles. The molecule has 56 heavy (non-hydrogen) atoms. The topological polar surface area (TPSA) is 4.93 Å². The average Bonchev–Trinajstić information content (AvgIpc) is 3.45. The van der Waals surface area contributed by atoms with Crippen molar-refractivity contribution < 1.29 is 0 Å². The van der Waals surface area contributed by atoms with Gasteiger partial charge in [0.2, 0.25) is 0 Å². The lowest BCUT2D eigenvalue weighted by Crippen LogP contribution is -1.97. The summed E-state index contributed by atoms with van der Waals surface area (Å²) in [4.78, 5) is 0. The van der Waals surface area contributed by atoms with E-state index < -0.39 is 0 Å². The van der Waals surface area contributed by atoms with Gasteiger partial charge in [-0.15, -0.1) is 0 Å². The van der Waals surface area contributed by atoms with E-state index in [-0.39, 0.29) is 0 Å². The van der Waals surface area contributed by atoms with Crippen molar-refractivity contribution in [2.24, 2.45) is 0 Å². The molecular weight excluding hydrogens is 675 g/mol. The van der Waals surface area contributed by atoms with Crippen molar-refractivity contribution in [1.82, 2.24) is 4.57 Å². The fraction of sp³-hybridized carbons (Fsp3) is 0.0545. The Morgan fingerprint density at radius 2 is 0.893 bits per heavy atom. The summed E-state index contributed by atoms with van der Waals surface area (Å²) in [5.74, 6) is 0. The van der Waals surface area contributed by atoms with Crippen LogP contribution in [0, 0.1) is 6.92 Å². The summed E-state index contributed by atoms with van der Waals surface area (Å²) in [6.07, 6.45) is 5.28. The van der Waals surface area contributed by atoms with Crippen LogP contribution in [-0.2, 0) is 6.42 Å². The van der Waals surface area contributed by atoms with Crippen molar-refractivity contribution in [2.75, 3.05) is 0 Å². The maximum atomic E-state index is 2.40. The van der Waals surface area contributed by atoms with Gasteiger partial charge in [-0.25, -0.2) is 0 Å². The van der Waals surface area contributed by atoms with Gasteiger partial charge in [0.1, 0.15) is 0 Å². The van der Waals surface area contributed by atoms with E-state index in [4.69, 9.17) is 0 Å². The number of aromatic nitrogens is 1. The van der Waals surface area contributed by atoms with Gasteiger partial charge < -0.3 is 4.57 Å². The van der Waals surface area contributed by atoms with Crippen LogP contribution in [0.2, 0.25) is 0 Å². The Morgan fingerprint density at radius 3 is 1.52 bits per heavy atom. The minimum atomic E-state index is 0.932. The van der Waals surface area contributed by atoms with E-state index in [0.29, 0.717) is 0 Å². The Hall–Kier alpha value is -6.96. The molecule has 266 valence electrons. The van der Waals surface area contributed by atoms with Crippen LogP contribution in [0.1, 0.15) is 29.3 Å². The second-order valence-corrected chi connectivity index (χ2v) is 14.9. The number of hydrogen-bond acceptors (Lipinski definition) is 0. The largest absolute Gasteiger partial charge is 0.313 e. The van der Waals surface area contributed by atoms with Crippen molar-refractivity contribution in [3.05, 3.63) is 217 Å². The smallest absolute Gasteiger partial charge is 0.0537 e. The summed E-state index contributed by atoms with van der Waals surface area (Å²) in [6.45, 7) is 4.30. The molecule has 0 unspecified atom stereocenters. The summed E-state index contributed by atoms with van der Waals surface area (Å²) >= 11 is 0. The van der Waals surface area contributed by atoms with E-state index in [9.17, 15) is 0 Å². The fourth-order valence-corrected chi connectivity index (χ4v) is 8.82. The maximum absolute atomic E-state index is 2.40. The molecule has 0 saturated carbocycles. The molecule has 0 fully saturated rings. The normalized spacial score (nSPS) is 12.0. The standard InChI is InChI=1S/C55H41N/c1-3-14-49-37(2)56(55-28-9-8-27-53(49)55)48-23-13-22-44(35-48)42-20-11-18-40(32-42)38-16-10-17-39(31-38)41-19-12-21-43(33-41)45-29-30-47-34-46-15-4-5-24-50(46)51-25-6-7-26-52(51)54(47)36-45/h3-33,35-36H,34H2,1-2H3/b14-3-. The Morgan fingerprint density at radius 1 is 0.411 bits per heavy atom. The van der Waals surface area contributed by atoms with Crippen LogP contribution in [0.25, 0.3) is 89.4 Å². The zero-order valence-corrected chi connectivity index (χ0v) is 31.7. The van der Waals surface area contributed by atoms with Crippen LogP contribution in [-0.4, -0.2) is 4.57 Å². The summed E-state index contributed by atoms with van der Waals surface area (Å²) in [5.41, 5.74) is 22.6. The Labute approximate surface area is 329 Å². The average molecular weight is 716 g/mol. The van der Waals surface area contributed by atoms with Gasteiger partial charge in [-0.2, -0.15) is 0 Å². The minimum absolute atomic E-state index is 0.932. The highest BCUT2D eigenvalue weighted by atomic mass is 15.0. The number of rotatable bonds is 6. The van der Waals surface area contributed by atoms with Crippen molar-refractivity contribution in [1.29, 1.82) is 0 Å². The first-order valence-corrected chi connectivity index (χ1v) is 19.6. The van der Waals surface area contributed by atoms with Crippen molar-refractivity contribution in [3.63, 3.8) is 0 Å². The maximum Gasteiger partial charge on any atom is 0.0537 e. The minimum Gasteiger partial charge on any atom is -0.313 e. The zero-order chi connectivity index (χ0) is 37.6. The van der Waals surface area contributed by atoms with Crippen LogP contribution in [0.15, 0.2) is 194 Å². The lowest BCUT2D eigenvalue weighted by atomic mass is 9.91. The summed E-state index contributed by atoms with van der Waals surface area (Å²) in [6, 6.07) is 69.3. The molecule has 0 atom stereocenters. The van der Waals surface area contributed by atoms with Gasteiger partial charge in [0.15, 0.2) is 0 Å². The van der Waals surface area contributed by atoms with Gasteiger partial charge in [0.05, 0.1) is 5.52 Å². The molecule has 1 heteroatoms. The molecule has 0 aliphatic heterocycles. The number of hydrogen-bond donors (Lipinski definition) is 0. The molecule has 0 radical (unpaired) electrons. The third kappa shape index (κ3) is 5.90. The van der Waals surface area contributed by atoms with Crippen molar-refractivity contribution in [3.8, 4) is 72.4 Å². The van der Waals surface area contributed by atoms with Crippen LogP contribution >= 0.6 is 0 Å². The summed E-state index contributed by atoms with van der Waals surface area (Å²) < 4.78 is 2.39. The van der Waals surface area contributed by atoms with E-state index in [2.05, 4.69) is 219 Å².